The maximum Gasteiger partial charge on any atom is 0.0572 e. The van der Waals surface area contributed by atoms with Gasteiger partial charge in [0.25, 0.3) is 0 Å². The molecule has 1 saturated carbocycles. The Morgan fingerprint density at radius 3 is 2.53 bits per heavy atom. The molecule has 0 bridgehead atoms. The van der Waals surface area contributed by atoms with Crippen LogP contribution in [0.25, 0.3) is 0 Å². The Morgan fingerprint density at radius 1 is 1.06 bits per heavy atom. The van der Waals surface area contributed by atoms with Crippen molar-refractivity contribution in [3.05, 3.63) is 35.7 Å². The van der Waals surface area contributed by atoms with Gasteiger partial charge in [-0.3, -0.25) is 0 Å². The van der Waals surface area contributed by atoms with Gasteiger partial charge in [0.2, 0.25) is 0 Å². The molecule has 2 nitrogen and oxygen atoms in total. The molecule has 0 aromatic carbocycles. The van der Waals surface area contributed by atoms with Gasteiger partial charge in [0.15, 0.2) is 0 Å². The predicted octanol–water partition coefficient (Wildman–Crippen LogP) is 3.38. The highest BCUT2D eigenvalue weighted by Crippen LogP contribution is 2.19. The van der Waals surface area contributed by atoms with Gasteiger partial charge < -0.3 is 11.1 Å². The largest absolute Gasteiger partial charge is 0.397 e. The smallest absolute Gasteiger partial charge is 0.0572 e. The number of rotatable bonds is 2. The zero-order chi connectivity index (χ0) is 11.9. The van der Waals surface area contributed by atoms with Gasteiger partial charge in [-0.05, 0) is 25.3 Å². The first kappa shape index (κ1) is 12.3. The molecule has 0 amide bonds. The van der Waals surface area contributed by atoms with Crippen molar-refractivity contribution in [3.63, 3.8) is 0 Å². The van der Waals surface area contributed by atoms with E-state index in [0.717, 1.165) is 17.8 Å². The first-order valence-electron chi connectivity index (χ1n) is 6.95. The van der Waals surface area contributed by atoms with E-state index in [0.29, 0.717) is 6.04 Å². The van der Waals surface area contributed by atoms with Crippen LogP contribution in [0.4, 0.5) is 0 Å². The SMILES string of the molecule is NC1=CCC=CC=C1NC1CCCCCCC1. The van der Waals surface area contributed by atoms with Crippen molar-refractivity contribution in [2.75, 3.05) is 0 Å². The van der Waals surface area contributed by atoms with Crippen LogP contribution in [-0.2, 0) is 0 Å². The van der Waals surface area contributed by atoms with Crippen molar-refractivity contribution < 1.29 is 0 Å². The van der Waals surface area contributed by atoms with Crippen LogP contribution >= 0.6 is 0 Å². The topological polar surface area (TPSA) is 38.0 Å². The van der Waals surface area contributed by atoms with E-state index in [1.54, 1.807) is 0 Å². The lowest BCUT2D eigenvalue weighted by molar-refractivity contribution is 0.414. The maximum atomic E-state index is 6.06. The fourth-order valence-corrected chi connectivity index (χ4v) is 2.60. The molecule has 0 aromatic rings. The fourth-order valence-electron chi connectivity index (χ4n) is 2.60. The van der Waals surface area contributed by atoms with E-state index < -0.39 is 0 Å². The molecule has 2 heteroatoms. The molecular weight excluding hydrogens is 208 g/mol. The summed E-state index contributed by atoms with van der Waals surface area (Å²) in [4.78, 5) is 0. The minimum Gasteiger partial charge on any atom is -0.397 e. The van der Waals surface area contributed by atoms with Gasteiger partial charge in [0.1, 0.15) is 0 Å². The molecule has 2 aliphatic carbocycles. The predicted molar refractivity (Wildman–Crippen MR) is 73.4 cm³/mol. The van der Waals surface area contributed by atoms with Gasteiger partial charge in [-0.1, -0.05) is 50.3 Å². The van der Waals surface area contributed by atoms with Crippen LogP contribution in [0.5, 0.6) is 0 Å². The van der Waals surface area contributed by atoms with Crippen LogP contribution in [0.2, 0.25) is 0 Å². The van der Waals surface area contributed by atoms with Crippen LogP contribution in [0.1, 0.15) is 51.4 Å². The van der Waals surface area contributed by atoms with Gasteiger partial charge in [-0.25, -0.2) is 0 Å². The normalized spacial score (nSPS) is 23.1. The number of hydrogen-bond acceptors (Lipinski definition) is 2. The Labute approximate surface area is 105 Å². The van der Waals surface area contributed by atoms with Crippen LogP contribution in [0.3, 0.4) is 0 Å². The lowest BCUT2D eigenvalue weighted by Gasteiger charge is -2.23. The maximum absolute atomic E-state index is 6.06. The summed E-state index contributed by atoms with van der Waals surface area (Å²) in [5, 5.41) is 3.63. The Hall–Kier alpha value is -1.18. The van der Waals surface area contributed by atoms with E-state index in [-0.39, 0.29) is 0 Å². The molecule has 0 atom stereocenters. The molecule has 2 rings (SSSR count). The standard InChI is InChI=1S/C15H24N2/c16-14-11-7-4-8-12-15(14)17-13-9-5-2-1-3-6-10-13/h4,8,11-13,17H,1-3,5-7,9-10,16H2. The van der Waals surface area contributed by atoms with Crippen molar-refractivity contribution in [1.82, 2.24) is 5.32 Å². The molecule has 0 heterocycles. The molecule has 2 aliphatic rings. The van der Waals surface area contributed by atoms with E-state index in [4.69, 9.17) is 5.73 Å². The average Bonchev–Trinajstić information content (AvgIpc) is 2.48. The Bertz CT molecular complexity index is 318. The third-order valence-corrected chi connectivity index (χ3v) is 3.65. The van der Waals surface area contributed by atoms with Crippen LogP contribution in [0, 0.1) is 0 Å². The molecule has 17 heavy (non-hydrogen) atoms. The summed E-state index contributed by atoms with van der Waals surface area (Å²) < 4.78 is 0. The first-order valence-corrected chi connectivity index (χ1v) is 6.95. The third kappa shape index (κ3) is 3.95. The molecule has 0 spiro atoms. The third-order valence-electron chi connectivity index (χ3n) is 3.65. The van der Waals surface area contributed by atoms with Gasteiger partial charge in [-0.2, -0.15) is 0 Å². The lowest BCUT2D eigenvalue weighted by Crippen LogP contribution is -2.31. The van der Waals surface area contributed by atoms with Crippen molar-refractivity contribution in [2.45, 2.75) is 57.4 Å². The van der Waals surface area contributed by atoms with Gasteiger partial charge in [0, 0.05) is 6.04 Å². The van der Waals surface area contributed by atoms with E-state index in [1.165, 1.54) is 44.9 Å². The molecule has 0 aromatic heterocycles. The summed E-state index contributed by atoms with van der Waals surface area (Å²) in [6, 6.07) is 0.611. The van der Waals surface area contributed by atoms with E-state index >= 15 is 0 Å². The van der Waals surface area contributed by atoms with Crippen LogP contribution in [-0.4, -0.2) is 6.04 Å². The first-order chi connectivity index (χ1) is 8.36. The van der Waals surface area contributed by atoms with Crippen LogP contribution < -0.4 is 11.1 Å². The molecule has 94 valence electrons. The molecular formula is C15H24N2. The highest BCUT2D eigenvalue weighted by atomic mass is 14.9. The second-order valence-electron chi connectivity index (χ2n) is 5.09. The quantitative estimate of drug-likeness (QED) is 0.766. The van der Waals surface area contributed by atoms with Crippen molar-refractivity contribution in [1.29, 1.82) is 0 Å². The van der Waals surface area contributed by atoms with Crippen molar-refractivity contribution >= 4 is 0 Å². The number of hydrogen-bond donors (Lipinski definition) is 2. The lowest BCUT2D eigenvalue weighted by atomic mass is 9.96. The van der Waals surface area contributed by atoms with E-state index in [9.17, 15) is 0 Å². The van der Waals surface area contributed by atoms with E-state index in [1.807, 2.05) is 0 Å². The number of nitrogens with two attached hydrogens (primary N) is 1. The van der Waals surface area contributed by atoms with Crippen LogP contribution in [0.15, 0.2) is 35.7 Å². The molecule has 0 unspecified atom stereocenters. The Kier molecular flexibility index (Phi) is 4.72. The summed E-state index contributed by atoms with van der Waals surface area (Å²) in [5.74, 6) is 0. The highest BCUT2D eigenvalue weighted by molar-refractivity contribution is 5.33. The summed E-state index contributed by atoms with van der Waals surface area (Å²) in [6.07, 6.45) is 18.9. The number of allylic oxidation sites excluding steroid dienone is 4. The zero-order valence-electron chi connectivity index (χ0n) is 10.6. The fraction of sp³-hybridized carbons (Fsp3) is 0.600. The molecule has 3 N–H and O–H groups in total. The monoisotopic (exact) mass is 232 g/mol. The summed E-state index contributed by atoms with van der Waals surface area (Å²) in [5.41, 5.74) is 8.07. The Morgan fingerprint density at radius 2 is 1.76 bits per heavy atom. The summed E-state index contributed by atoms with van der Waals surface area (Å²) in [7, 11) is 0. The highest BCUT2D eigenvalue weighted by Gasteiger charge is 2.13. The van der Waals surface area contributed by atoms with Gasteiger partial charge in [0.05, 0.1) is 11.4 Å². The van der Waals surface area contributed by atoms with E-state index in [2.05, 4.69) is 29.6 Å². The summed E-state index contributed by atoms with van der Waals surface area (Å²) >= 11 is 0. The minimum absolute atomic E-state index is 0.611. The molecule has 0 aliphatic heterocycles. The number of nitrogens with one attached hydrogen (secondary N) is 1. The van der Waals surface area contributed by atoms with Crippen molar-refractivity contribution in [2.24, 2.45) is 5.73 Å². The second kappa shape index (κ2) is 6.53. The zero-order valence-corrected chi connectivity index (χ0v) is 10.6. The second-order valence-corrected chi connectivity index (χ2v) is 5.09. The summed E-state index contributed by atoms with van der Waals surface area (Å²) in [6.45, 7) is 0. The molecule has 0 saturated heterocycles. The molecule has 0 radical (unpaired) electrons. The minimum atomic E-state index is 0.611. The van der Waals surface area contributed by atoms with Crippen molar-refractivity contribution in [3.8, 4) is 0 Å². The van der Waals surface area contributed by atoms with Gasteiger partial charge >= 0.3 is 0 Å². The Balaban J connectivity index is 1.93. The average molecular weight is 232 g/mol. The molecule has 1 fully saturated rings. The van der Waals surface area contributed by atoms with Gasteiger partial charge in [-0.15, -0.1) is 0 Å².